The van der Waals surface area contributed by atoms with Crippen LogP contribution in [0.15, 0.2) is 24.3 Å². The maximum atomic E-state index is 5.52. The Kier molecular flexibility index (Phi) is 7.77. The molecule has 0 bridgehead atoms. The second kappa shape index (κ2) is 10.7. The quantitative estimate of drug-likeness (QED) is 0.439. The highest BCUT2D eigenvalue weighted by atomic mass is 16.5. The van der Waals surface area contributed by atoms with Gasteiger partial charge in [0.25, 0.3) is 0 Å². The first-order valence-corrected chi connectivity index (χ1v) is 9.55. The zero-order valence-electron chi connectivity index (χ0n) is 16.2. The van der Waals surface area contributed by atoms with Crippen molar-refractivity contribution in [3.8, 4) is 17.1 Å². The summed E-state index contributed by atoms with van der Waals surface area (Å²) in [7, 11) is 1.64. The van der Waals surface area contributed by atoms with Crippen LogP contribution >= 0.6 is 0 Å². The highest BCUT2D eigenvalue weighted by molar-refractivity contribution is 5.59. The third-order valence-corrected chi connectivity index (χ3v) is 4.06. The van der Waals surface area contributed by atoms with Gasteiger partial charge in [-0.05, 0) is 37.1 Å². The topological polar surface area (TPSA) is 116 Å². The number of hydrogen-bond donors (Lipinski definition) is 3. The summed E-state index contributed by atoms with van der Waals surface area (Å²) in [6.45, 7) is 3.27. The Morgan fingerprint density at radius 3 is 2.36 bits per heavy atom. The second-order valence-corrected chi connectivity index (χ2v) is 6.39. The maximum Gasteiger partial charge on any atom is 0.228 e. The molecule has 0 aliphatic heterocycles. The number of benzene rings is 1. The fourth-order valence-electron chi connectivity index (χ4n) is 2.44. The van der Waals surface area contributed by atoms with Gasteiger partial charge >= 0.3 is 0 Å². The molecule has 0 radical (unpaired) electrons. The molecule has 1 aliphatic carbocycles. The van der Waals surface area contributed by atoms with Crippen molar-refractivity contribution in [1.29, 1.82) is 0 Å². The van der Waals surface area contributed by atoms with Crippen molar-refractivity contribution in [3.05, 3.63) is 24.3 Å². The van der Waals surface area contributed by atoms with Gasteiger partial charge in [-0.15, -0.1) is 0 Å². The molecule has 1 aromatic carbocycles. The first-order chi connectivity index (χ1) is 13.8. The van der Waals surface area contributed by atoms with E-state index in [0.717, 1.165) is 24.2 Å². The highest BCUT2D eigenvalue weighted by Gasteiger charge is 2.22. The first kappa shape index (κ1) is 20.2. The molecule has 0 amide bonds. The number of anilines is 2. The van der Waals surface area contributed by atoms with E-state index in [1.54, 1.807) is 7.11 Å². The summed E-state index contributed by atoms with van der Waals surface area (Å²) in [6.07, 6.45) is 2.29. The Balaban J connectivity index is 1.57. The van der Waals surface area contributed by atoms with Crippen molar-refractivity contribution in [2.45, 2.75) is 18.9 Å². The second-order valence-electron chi connectivity index (χ2n) is 6.39. The predicted molar refractivity (Wildman–Crippen MR) is 108 cm³/mol. The largest absolute Gasteiger partial charge is 0.497 e. The van der Waals surface area contributed by atoms with Gasteiger partial charge in [0.15, 0.2) is 5.82 Å². The average molecular weight is 388 g/mol. The Bertz CT molecular complexity index is 724. The van der Waals surface area contributed by atoms with Gasteiger partial charge < -0.3 is 30.6 Å². The third kappa shape index (κ3) is 6.59. The van der Waals surface area contributed by atoms with Crippen LogP contribution < -0.4 is 21.1 Å². The summed E-state index contributed by atoms with van der Waals surface area (Å²) in [5.41, 5.74) is 6.27. The monoisotopic (exact) mass is 388 g/mol. The lowest BCUT2D eigenvalue weighted by molar-refractivity contribution is 0.0547. The fourth-order valence-corrected chi connectivity index (χ4v) is 2.44. The van der Waals surface area contributed by atoms with Crippen LogP contribution in [0.25, 0.3) is 11.4 Å². The maximum absolute atomic E-state index is 5.52. The van der Waals surface area contributed by atoms with Crippen LogP contribution in [0.4, 0.5) is 11.9 Å². The summed E-state index contributed by atoms with van der Waals surface area (Å²) >= 11 is 0. The summed E-state index contributed by atoms with van der Waals surface area (Å²) in [6, 6.07) is 8.10. The Hall–Kier alpha value is -2.49. The predicted octanol–water partition coefficient (Wildman–Crippen LogP) is 1.53. The van der Waals surface area contributed by atoms with Crippen molar-refractivity contribution in [2.24, 2.45) is 5.73 Å². The number of nitrogens with two attached hydrogens (primary N) is 1. The van der Waals surface area contributed by atoms with E-state index in [9.17, 15) is 0 Å². The van der Waals surface area contributed by atoms with Gasteiger partial charge in [0.2, 0.25) is 11.9 Å². The molecule has 1 heterocycles. The van der Waals surface area contributed by atoms with Gasteiger partial charge in [0, 0.05) is 24.7 Å². The van der Waals surface area contributed by atoms with E-state index < -0.39 is 0 Å². The number of nitrogens with zero attached hydrogens (tertiary/aromatic N) is 3. The number of hydrogen-bond acceptors (Lipinski definition) is 9. The number of rotatable bonds is 13. The third-order valence-electron chi connectivity index (χ3n) is 4.06. The van der Waals surface area contributed by atoms with E-state index in [4.69, 9.17) is 19.9 Å². The minimum Gasteiger partial charge on any atom is -0.497 e. The summed E-state index contributed by atoms with van der Waals surface area (Å²) in [4.78, 5) is 13.6. The van der Waals surface area contributed by atoms with Crippen molar-refractivity contribution in [2.75, 3.05) is 57.3 Å². The van der Waals surface area contributed by atoms with Crippen LogP contribution in [0.1, 0.15) is 12.8 Å². The molecule has 2 aromatic rings. The molecule has 0 unspecified atom stereocenters. The van der Waals surface area contributed by atoms with Crippen LogP contribution in [0.3, 0.4) is 0 Å². The number of methoxy groups -OCH3 is 1. The van der Waals surface area contributed by atoms with Gasteiger partial charge in [0.1, 0.15) is 5.75 Å². The lowest BCUT2D eigenvalue weighted by Crippen LogP contribution is -2.16. The van der Waals surface area contributed by atoms with Crippen LogP contribution in [0, 0.1) is 0 Å². The van der Waals surface area contributed by atoms with E-state index in [2.05, 4.69) is 25.6 Å². The van der Waals surface area contributed by atoms with Crippen molar-refractivity contribution >= 4 is 11.9 Å². The van der Waals surface area contributed by atoms with Crippen LogP contribution in [0.5, 0.6) is 5.75 Å². The molecule has 9 nitrogen and oxygen atoms in total. The fraction of sp³-hybridized carbons (Fsp3) is 0.526. The molecule has 9 heteroatoms. The molecule has 1 aromatic heterocycles. The molecular formula is C19H28N6O3. The van der Waals surface area contributed by atoms with Gasteiger partial charge in [-0.1, -0.05) is 0 Å². The van der Waals surface area contributed by atoms with Crippen LogP contribution in [0.2, 0.25) is 0 Å². The summed E-state index contributed by atoms with van der Waals surface area (Å²) in [5.74, 6) is 2.51. The van der Waals surface area contributed by atoms with E-state index in [-0.39, 0.29) is 0 Å². The standard InChI is InChI=1S/C19H28N6O3/c1-26-16-6-2-14(3-7-16)17-23-18(25-19(24-17)22-15-4-5-15)21-9-11-28-13-12-27-10-8-20/h2-3,6-7,15H,4-5,8-13,20H2,1H3,(H2,21,22,23,24,25). The lowest BCUT2D eigenvalue weighted by Gasteiger charge is -2.11. The SMILES string of the molecule is COc1ccc(-c2nc(NCCOCCOCCN)nc(NC3CC3)n2)cc1. The molecule has 3 rings (SSSR count). The van der Waals surface area contributed by atoms with Crippen molar-refractivity contribution in [3.63, 3.8) is 0 Å². The van der Waals surface area contributed by atoms with E-state index in [1.807, 2.05) is 24.3 Å². The number of ether oxygens (including phenoxy) is 3. The Morgan fingerprint density at radius 1 is 0.964 bits per heavy atom. The summed E-state index contributed by atoms with van der Waals surface area (Å²) in [5, 5.41) is 6.54. The number of aromatic nitrogens is 3. The molecule has 1 aliphatic rings. The van der Waals surface area contributed by atoms with Gasteiger partial charge in [-0.25, -0.2) is 0 Å². The first-order valence-electron chi connectivity index (χ1n) is 9.55. The Morgan fingerprint density at radius 2 is 1.68 bits per heavy atom. The average Bonchev–Trinajstić information content (AvgIpc) is 3.54. The highest BCUT2D eigenvalue weighted by Crippen LogP contribution is 2.25. The molecule has 28 heavy (non-hydrogen) atoms. The number of nitrogens with one attached hydrogen (secondary N) is 2. The van der Waals surface area contributed by atoms with Crippen molar-refractivity contribution < 1.29 is 14.2 Å². The smallest absolute Gasteiger partial charge is 0.228 e. The van der Waals surface area contributed by atoms with Gasteiger partial charge in [0.05, 0.1) is 33.5 Å². The minimum absolute atomic E-state index is 0.454. The van der Waals surface area contributed by atoms with Gasteiger partial charge in [-0.2, -0.15) is 15.0 Å². The molecule has 0 spiro atoms. The van der Waals surface area contributed by atoms with Crippen molar-refractivity contribution in [1.82, 2.24) is 15.0 Å². The molecule has 4 N–H and O–H groups in total. The summed E-state index contributed by atoms with van der Waals surface area (Å²) < 4.78 is 16.0. The molecule has 0 atom stereocenters. The zero-order chi connectivity index (χ0) is 19.6. The molecular weight excluding hydrogens is 360 g/mol. The lowest BCUT2D eigenvalue weighted by atomic mass is 10.2. The van der Waals surface area contributed by atoms with Crippen LogP contribution in [-0.4, -0.2) is 67.6 Å². The molecule has 152 valence electrons. The zero-order valence-corrected chi connectivity index (χ0v) is 16.2. The van der Waals surface area contributed by atoms with E-state index >= 15 is 0 Å². The van der Waals surface area contributed by atoms with E-state index in [0.29, 0.717) is 63.3 Å². The molecule has 0 saturated heterocycles. The molecule has 1 fully saturated rings. The van der Waals surface area contributed by atoms with Crippen LogP contribution in [-0.2, 0) is 9.47 Å². The Labute approximate surface area is 165 Å². The van der Waals surface area contributed by atoms with Gasteiger partial charge in [-0.3, -0.25) is 0 Å². The normalized spacial score (nSPS) is 13.4. The minimum atomic E-state index is 0.454. The molecule has 1 saturated carbocycles. The van der Waals surface area contributed by atoms with E-state index in [1.165, 1.54) is 0 Å².